The third kappa shape index (κ3) is 3.86. The van der Waals surface area contributed by atoms with Gasteiger partial charge in [-0.05, 0) is 65.8 Å². The van der Waals surface area contributed by atoms with Crippen molar-refractivity contribution in [3.8, 4) is 11.3 Å². The molecule has 4 aromatic carbocycles. The maximum atomic E-state index is 14.3. The first-order valence-corrected chi connectivity index (χ1v) is 14.9. The number of thiazole rings is 1. The molecule has 0 radical (unpaired) electrons. The number of para-hydroxylation sites is 1. The summed E-state index contributed by atoms with van der Waals surface area (Å²) in [6, 6.07) is 31.0. The monoisotopic (exact) mass is 567 g/mol. The number of rotatable bonds is 3. The smallest absolute Gasteiger partial charge is 0.271 e. The zero-order valence-electron chi connectivity index (χ0n) is 22.9. The van der Waals surface area contributed by atoms with Crippen molar-refractivity contribution >= 4 is 34.0 Å². The second-order valence-electron chi connectivity index (χ2n) is 10.9. The first-order valence-electron chi connectivity index (χ1n) is 14.1. The summed E-state index contributed by atoms with van der Waals surface area (Å²) in [6.45, 7) is 2.09. The lowest BCUT2D eigenvalue weighted by atomic mass is 9.83. The number of benzene rings is 4. The fourth-order valence-corrected chi connectivity index (χ4v) is 7.45. The molecule has 0 fully saturated rings. The van der Waals surface area contributed by atoms with Crippen LogP contribution in [0, 0.1) is 12.7 Å². The fourth-order valence-electron chi connectivity index (χ4n) is 6.47. The lowest BCUT2D eigenvalue weighted by molar-refractivity contribution is 0.581. The number of nitrogens with zero attached hydrogens (tertiary/aromatic N) is 2. The van der Waals surface area contributed by atoms with Crippen LogP contribution in [0.4, 0.5) is 4.39 Å². The number of H-pyrrole nitrogens is 1. The average molecular weight is 568 g/mol. The second kappa shape index (κ2) is 9.64. The predicted molar refractivity (Wildman–Crippen MR) is 168 cm³/mol. The Morgan fingerprint density at radius 3 is 2.55 bits per heavy atom. The van der Waals surface area contributed by atoms with Gasteiger partial charge in [0.1, 0.15) is 5.82 Å². The van der Waals surface area contributed by atoms with E-state index in [4.69, 9.17) is 4.99 Å². The number of aryl methyl sites for hydroxylation is 2. The summed E-state index contributed by atoms with van der Waals surface area (Å²) in [4.78, 5) is 23.8. The maximum Gasteiger partial charge on any atom is 0.271 e. The van der Waals surface area contributed by atoms with Gasteiger partial charge in [-0.3, -0.25) is 9.36 Å². The van der Waals surface area contributed by atoms with E-state index in [-0.39, 0.29) is 17.4 Å². The number of hydrogen-bond donors (Lipinski definition) is 1. The molecule has 0 spiro atoms. The predicted octanol–water partition coefficient (Wildman–Crippen LogP) is 6.91. The van der Waals surface area contributed by atoms with Crippen molar-refractivity contribution in [1.29, 1.82) is 0 Å². The van der Waals surface area contributed by atoms with E-state index in [1.54, 1.807) is 12.1 Å². The highest BCUT2D eigenvalue weighted by atomic mass is 32.1. The van der Waals surface area contributed by atoms with Gasteiger partial charge in [-0.2, -0.15) is 0 Å². The fraction of sp³-hybridized carbons (Fsp3) is 0.111. The number of fused-ring (bicyclic) bond motifs is 4. The van der Waals surface area contributed by atoms with Crippen LogP contribution in [0.1, 0.15) is 40.3 Å². The minimum atomic E-state index is -0.342. The maximum absolute atomic E-state index is 14.3. The summed E-state index contributed by atoms with van der Waals surface area (Å²) in [5, 5.41) is 1.07. The van der Waals surface area contributed by atoms with Crippen LogP contribution in [-0.2, 0) is 6.42 Å². The first-order chi connectivity index (χ1) is 20.6. The van der Waals surface area contributed by atoms with Gasteiger partial charge in [-0.1, -0.05) is 96.3 Å². The highest BCUT2D eigenvalue weighted by Gasteiger charge is 2.32. The lowest BCUT2D eigenvalue weighted by Crippen LogP contribution is -2.38. The summed E-state index contributed by atoms with van der Waals surface area (Å²) < 4.78 is 16.4. The van der Waals surface area contributed by atoms with Gasteiger partial charge < -0.3 is 4.98 Å². The van der Waals surface area contributed by atoms with Crippen molar-refractivity contribution in [3.63, 3.8) is 0 Å². The number of aromatic nitrogens is 2. The number of aromatic amines is 1. The van der Waals surface area contributed by atoms with E-state index >= 15 is 0 Å². The highest BCUT2D eigenvalue weighted by Crippen LogP contribution is 2.41. The van der Waals surface area contributed by atoms with Crippen molar-refractivity contribution in [1.82, 2.24) is 9.55 Å². The Bertz CT molecular complexity index is 2240. The van der Waals surface area contributed by atoms with Crippen LogP contribution in [0.5, 0.6) is 0 Å². The van der Waals surface area contributed by atoms with Crippen molar-refractivity contribution in [2.75, 3.05) is 0 Å². The zero-order chi connectivity index (χ0) is 28.4. The summed E-state index contributed by atoms with van der Waals surface area (Å²) >= 11 is 1.41. The van der Waals surface area contributed by atoms with Gasteiger partial charge in [0.05, 0.1) is 22.0 Å². The number of hydrogen-bond acceptors (Lipinski definition) is 3. The molecule has 42 heavy (non-hydrogen) atoms. The topological polar surface area (TPSA) is 50.1 Å². The largest absolute Gasteiger partial charge is 0.354 e. The number of halogens is 1. The van der Waals surface area contributed by atoms with E-state index in [9.17, 15) is 9.18 Å². The molecule has 2 aliphatic rings. The Hall–Kier alpha value is -4.81. The molecule has 1 aliphatic heterocycles. The molecule has 6 heteroatoms. The molecule has 4 nitrogen and oxygen atoms in total. The van der Waals surface area contributed by atoms with Gasteiger partial charge in [-0.25, -0.2) is 9.38 Å². The molecule has 1 aliphatic carbocycles. The minimum Gasteiger partial charge on any atom is -0.354 e. The zero-order valence-corrected chi connectivity index (χ0v) is 23.7. The Morgan fingerprint density at radius 2 is 1.71 bits per heavy atom. The summed E-state index contributed by atoms with van der Waals surface area (Å²) in [5.74, 6) is -0.294. The quantitative estimate of drug-likeness (QED) is 0.248. The van der Waals surface area contributed by atoms with Crippen LogP contribution >= 0.6 is 11.3 Å². The molecule has 0 unspecified atom stereocenters. The van der Waals surface area contributed by atoms with E-state index in [1.807, 2.05) is 34.9 Å². The van der Waals surface area contributed by atoms with Gasteiger partial charge in [-0.15, -0.1) is 0 Å². The number of nitrogens with one attached hydrogen (secondary N) is 1. The van der Waals surface area contributed by atoms with E-state index in [0.717, 1.165) is 68.5 Å². The van der Waals surface area contributed by atoms with E-state index in [2.05, 4.69) is 60.4 Å². The molecule has 2 aromatic heterocycles. The third-order valence-electron chi connectivity index (χ3n) is 8.48. The van der Waals surface area contributed by atoms with E-state index < -0.39 is 0 Å². The Morgan fingerprint density at radius 1 is 0.929 bits per heavy atom. The SMILES string of the molecule is Cc1cccc2c(/C=c3/sc4n(c3=O)[C@@H](c3ccc(F)cc3)C3=C(N=4)c4ccccc4CC3)c(-c3ccccc3)[nH]c12. The molecule has 8 rings (SSSR count). The minimum absolute atomic E-state index is 0.0838. The average Bonchev–Trinajstić information content (AvgIpc) is 3.55. The van der Waals surface area contributed by atoms with Gasteiger partial charge in [0, 0.05) is 22.0 Å². The van der Waals surface area contributed by atoms with Gasteiger partial charge in [0.25, 0.3) is 5.56 Å². The molecule has 6 aromatic rings. The third-order valence-corrected chi connectivity index (χ3v) is 9.46. The van der Waals surface area contributed by atoms with Crippen LogP contribution in [0.2, 0.25) is 0 Å². The molecule has 1 atom stereocenters. The Kier molecular flexibility index (Phi) is 5.72. The Labute approximate surface area is 245 Å². The Balaban J connectivity index is 1.41. The van der Waals surface area contributed by atoms with Crippen LogP contribution in [0.15, 0.2) is 112 Å². The van der Waals surface area contributed by atoms with Gasteiger partial charge >= 0.3 is 0 Å². The summed E-state index contributed by atoms with van der Waals surface area (Å²) in [6.07, 6.45) is 3.69. The normalized spacial score (nSPS) is 16.2. The van der Waals surface area contributed by atoms with Crippen molar-refractivity contribution in [3.05, 3.63) is 156 Å². The molecule has 0 bridgehead atoms. The van der Waals surface area contributed by atoms with Crippen LogP contribution in [0.3, 0.4) is 0 Å². The van der Waals surface area contributed by atoms with Crippen molar-refractivity contribution in [2.45, 2.75) is 25.8 Å². The van der Waals surface area contributed by atoms with Crippen LogP contribution in [0.25, 0.3) is 33.9 Å². The molecular formula is C36H26FN3OS. The first kappa shape index (κ1) is 24.9. The standard InChI is InChI=1S/C36H26FN3OS/c1-21-8-7-13-27-29(32(38-31(21)27)23-10-3-2-4-11-23)20-30-35(41)40-34(24-14-17-25(37)18-15-24)28-19-16-22-9-5-6-12-26(22)33(28)39-36(40)42-30/h2-15,17-18,20,34,38H,16,19H2,1H3/b30-20+/t34-/m0/s1. The van der Waals surface area contributed by atoms with Crippen LogP contribution < -0.4 is 14.9 Å². The number of allylic oxidation sites excluding steroid dienone is 1. The molecule has 0 saturated carbocycles. The van der Waals surface area contributed by atoms with E-state index in [0.29, 0.717) is 9.33 Å². The summed E-state index contributed by atoms with van der Waals surface area (Å²) in [5.41, 5.74) is 10.5. The van der Waals surface area contributed by atoms with E-state index in [1.165, 1.54) is 29.0 Å². The molecule has 3 heterocycles. The van der Waals surface area contributed by atoms with Crippen LogP contribution in [-0.4, -0.2) is 9.55 Å². The lowest BCUT2D eigenvalue weighted by Gasteiger charge is -2.30. The molecule has 1 N–H and O–H groups in total. The highest BCUT2D eigenvalue weighted by molar-refractivity contribution is 7.07. The van der Waals surface area contributed by atoms with Gasteiger partial charge in [0.15, 0.2) is 4.80 Å². The molecule has 0 saturated heterocycles. The van der Waals surface area contributed by atoms with Gasteiger partial charge in [0.2, 0.25) is 0 Å². The second-order valence-corrected chi connectivity index (χ2v) is 12.0. The molecule has 204 valence electrons. The van der Waals surface area contributed by atoms with Crippen molar-refractivity contribution < 1.29 is 4.39 Å². The molecular weight excluding hydrogens is 541 g/mol. The molecule has 0 amide bonds. The summed E-state index contributed by atoms with van der Waals surface area (Å²) in [7, 11) is 0. The van der Waals surface area contributed by atoms with Crippen molar-refractivity contribution in [2.24, 2.45) is 4.99 Å².